The van der Waals surface area contributed by atoms with Crippen LogP contribution in [-0.2, 0) is 16.6 Å². The summed E-state index contributed by atoms with van der Waals surface area (Å²) in [6.07, 6.45) is 0. The van der Waals surface area contributed by atoms with Crippen LogP contribution in [0.25, 0.3) is 0 Å². The SMILES string of the molecule is COc1ccc(C)cc1S(=O)(=O)Nc1ccc(NCc2ccccc2)nn1. The van der Waals surface area contributed by atoms with Crippen molar-refractivity contribution in [3.05, 3.63) is 71.8 Å². The van der Waals surface area contributed by atoms with E-state index in [4.69, 9.17) is 4.74 Å². The number of hydrogen-bond acceptors (Lipinski definition) is 6. The van der Waals surface area contributed by atoms with Gasteiger partial charge in [0.25, 0.3) is 10.0 Å². The fraction of sp³-hybridized carbons (Fsp3) is 0.158. The second kappa shape index (κ2) is 8.05. The molecule has 8 heteroatoms. The minimum atomic E-state index is -3.84. The van der Waals surface area contributed by atoms with Crippen LogP contribution in [0, 0.1) is 6.92 Å². The highest BCUT2D eigenvalue weighted by atomic mass is 32.2. The Morgan fingerprint density at radius 2 is 1.67 bits per heavy atom. The van der Waals surface area contributed by atoms with Gasteiger partial charge in [0.2, 0.25) is 0 Å². The first kappa shape index (κ1) is 18.7. The van der Waals surface area contributed by atoms with Crippen LogP contribution in [0.1, 0.15) is 11.1 Å². The first-order valence-corrected chi connectivity index (χ1v) is 9.75. The Morgan fingerprint density at radius 3 is 2.33 bits per heavy atom. The molecule has 0 bridgehead atoms. The molecule has 0 spiro atoms. The maximum absolute atomic E-state index is 12.7. The molecule has 0 aliphatic carbocycles. The molecule has 2 N–H and O–H groups in total. The monoisotopic (exact) mass is 384 g/mol. The van der Waals surface area contributed by atoms with E-state index in [-0.39, 0.29) is 16.5 Å². The Kier molecular flexibility index (Phi) is 5.56. The maximum Gasteiger partial charge on any atom is 0.266 e. The van der Waals surface area contributed by atoms with Gasteiger partial charge in [0.05, 0.1) is 7.11 Å². The molecule has 0 unspecified atom stereocenters. The number of benzene rings is 2. The molecule has 0 amide bonds. The number of ether oxygens (including phenoxy) is 1. The topological polar surface area (TPSA) is 93.2 Å². The molecular weight excluding hydrogens is 364 g/mol. The van der Waals surface area contributed by atoms with Crippen molar-refractivity contribution in [3.63, 3.8) is 0 Å². The van der Waals surface area contributed by atoms with E-state index in [0.29, 0.717) is 12.4 Å². The van der Waals surface area contributed by atoms with Crippen LogP contribution in [0.15, 0.2) is 65.6 Å². The van der Waals surface area contributed by atoms with Crippen LogP contribution < -0.4 is 14.8 Å². The second-order valence-corrected chi connectivity index (χ2v) is 7.55. The molecule has 0 aliphatic rings. The van der Waals surface area contributed by atoms with Crippen LogP contribution in [0.4, 0.5) is 11.6 Å². The Bertz CT molecular complexity index is 1010. The fourth-order valence-electron chi connectivity index (χ4n) is 2.46. The zero-order chi connectivity index (χ0) is 19.3. The summed E-state index contributed by atoms with van der Waals surface area (Å²) < 4.78 is 32.9. The number of nitrogens with one attached hydrogen (secondary N) is 2. The number of aryl methyl sites for hydroxylation is 1. The van der Waals surface area contributed by atoms with Gasteiger partial charge in [-0.2, -0.15) is 0 Å². The maximum atomic E-state index is 12.7. The molecule has 2 aromatic carbocycles. The van der Waals surface area contributed by atoms with E-state index >= 15 is 0 Å². The van der Waals surface area contributed by atoms with E-state index in [2.05, 4.69) is 20.2 Å². The van der Waals surface area contributed by atoms with Crippen LogP contribution in [-0.4, -0.2) is 25.7 Å². The van der Waals surface area contributed by atoms with Gasteiger partial charge in [-0.3, -0.25) is 4.72 Å². The van der Waals surface area contributed by atoms with Gasteiger partial charge in [0, 0.05) is 6.54 Å². The van der Waals surface area contributed by atoms with Gasteiger partial charge in [0.1, 0.15) is 16.5 Å². The van der Waals surface area contributed by atoms with Crippen molar-refractivity contribution in [2.75, 3.05) is 17.1 Å². The minimum absolute atomic E-state index is 0.0538. The van der Waals surface area contributed by atoms with E-state index in [1.54, 1.807) is 30.3 Å². The van der Waals surface area contributed by atoms with Gasteiger partial charge in [-0.05, 0) is 42.3 Å². The molecule has 1 aromatic heterocycles. The summed E-state index contributed by atoms with van der Waals surface area (Å²) in [6.45, 7) is 2.41. The summed E-state index contributed by atoms with van der Waals surface area (Å²) in [7, 11) is -2.42. The molecule has 0 saturated heterocycles. The van der Waals surface area contributed by atoms with Gasteiger partial charge in [-0.25, -0.2) is 8.42 Å². The standard InChI is InChI=1S/C19H20N4O3S/c1-14-8-9-16(26-2)17(12-14)27(24,25)23-19-11-10-18(21-22-19)20-13-15-6-4-3-5-7-15/h3-12H,13H2,1-2H3,(H,20,21)(H,22,23). The van der Waals surface area contributed by atoms with Crippen molar-refractivity contribution >= 4 is 21.7 Å². The third-order valence-corrected chi connectivity index (χ3v) is 5.20. The summed E-state index contributed by atoms with van der Waals surface area (Å²) in [6, 6.07) is 18.0. The Hall–Kier alpha value is -3.13. The van der Waals surface area contributed by atoms with Gasteiger partial charge >= 0.3 is 0 Å². The first-order valence-electron chi connectivity index (χ1n) is 8.27. The molecule has 3 aromatic rings. The zero-order valence-corrected chi connectivity index (χ0v) is 15.8. The predicted octanol–water partition coefficient (Wildman–Crippen LogP) is 3.21. The van der Waals surface area contributed by atoms with E-state index in [9.17, 15) is 8.42 Å². The zero-order valence-electron chi connectivity index (χ0n) is 15.0. The lowest BCUT2D eigenvalue weighted by Crippen LogP contribution is -2.15. The first-order chi connectivity index (χ1) is 13.0. The molecule has 1 heterocycles. The van der Waals surface area contributed by atoms with Gasteiger partial charge in [-0.1, -0.05) is 36.4 Å². The molecule has 3 rings (SSSR count). The van der Waals surface area contributed by atoms with Crippen molar-refractivity contribution in [2.24, 2.45) is 0 Å². The highest BCUT2D eigenvalue weighted by Gasteiger charge is 2.20. The van der Waals surface area contributed by atoms with E-state index in [0.717, 1.165) is 11.1 Å². The number of sulfonamides is 1. The van der Waals surface area contributed by atoms with Crippen molar-refractivity contribution in [3.8, 4) is 5.75 Å². The lowest BCUT2D eigenvalue weighted by atomic mass is 10.2. The smallest absolute Gasteiger partial charge is 0.266 e. The number of hydrogen-bond donors (Lipinski definition) is 2. The van der Waals surface area contributed by atoms with Crippen molar-refractivity contribution in [1.29, 1.82) is 0 Å². The third kappa shape index (κ3) is 4.73. The highest BCUT2D eigenvalue weighted by molar-refractivity contribution is 7.92. The number of aromatic nitrogens is 2. The van der Waals surface area contributed by atoms with E-state index < -0.39 is 10.0 Å². The average molecular weight is 384 g/mol. The van der Waals surface area contributed by atoms with Crippen LogP contribution in [0.2, 0.25) is 0 Å². The second-order valence-electron chi connectivity index (χ2n) is 5.90. The summed E-state index contributed by atoms with van der Waals surface area (Å²) in [5, 5.41) is 11.1. The van der Waals surface area contributed by atoms with E-state index in [1.165, 1.54) is 7.11 Å². The predicted molar refractivity (Wildman–Crippen MR) is 104 cm³/mol. The lowest BCUT2D eigenvalue weighted by Gasteiger charge is -2.12. The fourth-order valence-corrected chi connectivity index (χ4v) is 3.71. The van der Waals surface area contributed by atoms with Gasteiger partial charge < -0.3 is 10.1 Å². The molecule has 0 saturated carbocycles. The molecule has 27 heavy (non-hydrogen) atoms. The van der Waals surface area contributed by atoms with Crippen molar-refractivity contribution < 1.29 is 13.2 Å². The summed E-state index contributed by atoms with van der Waals surface area (Å²) in [5.74, 6) is 0.945. The van der Waals surface area contributed by atoms with Crippen LogP contribution in [0.3, 0.4) is 0 Å². The quantitative estimate of drug-likeness (QED) is 0.650. The molecule has 140 valence electrons. The van der Waals surface area contributed by atoms with Gasteiger partial charge in [-0.15, -0.1) is 10.2 Å². The Labute approximate surface area is 158 Å². The van der Waals surface area contributed by atoms with Crippen LogP contribution in [0.5, 0.6) is 5.75 Å². The molecule has 0 radical (unpaired) electrons. The molecule has 7 nitrogen and oxygen atoms in total. The van der Waals surface area contributed by atoms with Crippen molar-refractivity contribution in [1.82, 2.24) is 10.2 Å². The molecule has 0 aliphatic heterocycles. The highest BCUT2D eigenvalue weighted by Crippen LogP contribution is 2.26. The Balaban J connectivity index is 1.71. The van der Waals surface area contributed by atoms with E-state index in [1.807, 2.05) is 37.3 Å². The number of anilines is 2. The Morgan fingerprint density at radius 1 is 0.963 bits per heavy atom. The number of methoxy groups -OCH3 is 1. The molecular formula is C19H20N4O3S. The summed E-state index contributed by atoms with van der Waals surface area (Å²) in [5.41, 5.74) is 1.92. The number of nitrogens with zero attached hydrogens (tertiary/aromatic N) is 2. The largest absolute Gasteiger partial charge is 0.495 e. The third-order valence-electron chi connectivity index (χ3n) is 3.83. The molecule has 0 atom stereocenters. The normalized spacial score (nSPS) is 11.0. The minimum Gasteiger partial charge on any atom is -0.495 e. The lowest BCUT2D eigenvalue weighted by molar-refractivity contribution is 0.402. The summed E-state index contributed by atoms with van der Waals surface area (Å²) in [4.78, 5) is 0.0538. The summed E-state index contributed by atoms with van der Waals surface area (Å²) >= 11 is 0. The van der Waals surface area contributed by atoms with Gasteiger partial charge in [0.15, 0.2) is 5.82 Å². The average Bonchev–Trinajstić information content (AvgIpc) is 2.68. The molecule has 0 fully saturated rings. The van der Waals surface area contributed by atoms with Crippen LogP contribution >= 0.6 is 0 Å². The van der Waals surface area contributed by atoms with Crippen molar-refractivity contribution in [2.45, 2.75) is 18.4 Å². The number of rotatable bonds is 7.